The summed E-state index contributed by atoms with van der Waals surface area (Å²) in [5.74, 6) is -0.828. The maximum atomic E-state index is 11.5. The molecule has 6 heteroatoms. The largest absolute Gasteiger partial charge is 0.480 e. The molecule has 1 heterocycles. The molecule has 2 unspecified atom stereocenters. The topological polar surface area (TPSA) is 62.2 Å². The molecule has 1 aromatic heterocycles. The number of pyridine rings is 1. The average Bonchev–Trinajstić information content (AvgIpc) is 2.39. The van der Waals surface area contributed by atoms with Crippen LogP contribution in [0.1, 0.15) is 33.6 Å². The molecule has 1 rings (SSSR count). The molecule has 2 N–H and O–H groups in total. The van der Waals surface area contributed by atoms with Gasteiger partial charge in [-0.2, -0.15) is 0 Å². The molecule has 0 aliphatic carbocycles. The summed E-state index contributed by atoms with van der Waals surface area (Å²) in [6.07, 6.45) is 3.09. The number of aromatic nitrogens is 1. The van der Waals surface area contributed by atoms with Crippen molar-refractivity contribution < 1.29 is 9.90 Å². The Morgan fingerprint density at radius 3 is 2.90 bits per heavy atom. The van der Waals surface area contributed by atoms with Crippen LogP contribution in [0.2, 0.25) is 5.02 Å². The Hall–Kier alpha value is -0.780. The second kappa shape index (κ2) is 7.86. The van der Waals surface area contributed by atoms with E-state index in [1.807, 2.05) is 13.8 Å². The first-order valence-corrected chi connectivity index (χ1v) is 7.90. The minimum Gasteiger partial charge on any atom is -0.480 e. The number of thioether (sulfide) groups is 1. The van der Waals surface area contributed by atoms with Crippen LogP contribution in [-0.4, -0.2) is 33.4 Å². The third-order valence-electron chi connectivity index (χ3n) is 2.97. The normalized spacial score (nSPS) is 15.6. The Morgan fingerprint density at radius 2 is 2.35 bits per heavy atom. The molecule has 0 amide bonds. The lowest BCUT2D eigenvalue weighted by Gasteiger charge is -2.29. The third kappa shape index (κ3) is 4.96. The Labute approximate surface area is 129 Å². The maximum absolute atomic E-state index is 11.5. The van der Waals surface area contributed by atoms with E-state index in [1.54, 1.807) is 25.3 Å². The van der Waals surface area contributed by atoms with Gasteiger partial charge in [0.05, 0.1) is 5.02 Å². The van der Waals surface area contributed by atoms with Gasteiger partial charge in [0.2, 0.25) is 0 Å². The zero-order valence-electron chi connectivity index (χ0n) is 12.0. The van der Waals surface area contributed by atoms with Gasteiger partial charge in [-0.15, -0.1) is 11.8 Å². The van der Waals surface area contributed by atoms with Crippen molar-refractivity contribution >= 4 is 29.3 Å². The molecular weight excluding hydrogens is 296 g/mol. The first kappa shape index (κ1) is 17.3. The number of nitrogens with zero attached hydrogens (tertiary/aromatic N) is 1. The van der Waals surface area contributed by atoms with Gasteiger partial charge < -0.3 is 10.4 Å². The van der Waals surface area contributed by atoms with Gasteiger partial charge in [-0.05, 0) is 38.4 Å². The van der Waals surface area contributed by atoms with Crippen molar-refractivity contribution in [3.8, 4) is 0 Å². The summed E-state index contributed by atoms with van der Waals surface area (Å²) in [5.41, 5.74) is -0.927. The third-order valence-corrected chi connectivity index (χ3v) is 4.51. The highest BCUT2D eigenvalue weighted by Gasteiger charge is 2.34. The van der Waals surface area contributed by atoms with Crippen molar-refractivity contribution in [1.29, 1.82) is 0 Å². The molecule has 2 atom stereocenters. The van der Waals surface area contributed by atoms with E-state index in [0.29, 0.717) is 18.0 Å². The van der Waals surface area contributed by atoms with Crippen LogP contribution in [0.3, 0.4) is 0 Å². The number of nitrogens with one attached hydrogen (secondary N) is 1. The lowest BCUT2D eigenvalue weighted by molar-refractivity contribution is -0.144. The van der Waals surface area contributed by atoms with Gasteiger partial charge in [-0.3, -0.25) is 4.79 Å². The number of carboxylic acid groups (broad SMARTS) is 1. The molecule has 112 valence electrons. The fourth-order valence-electron chi connectivity index (χ4n) is 1.90. The van der Waals surface area contributed by atoms with Crippen molar-refractivity contribution in [1.82, 2.24) is 10.3 Å². The van der Waals surface area contributed by atoms with Crippen LogP contribution in [-0.2, 0) is 4.79 Å². The van der Waals surface area contributed by atoms with Gasteiger partial charge in [0.1, 0.15) is 10.6 Å². The second-order valence-corrected chi connectivity index (χ2v) is 6.82. The first-order valence-electron chi connectivity index (χ1n) is 6.64. The SMILES string of the molecule is CCCNC(C)(CC(C)Sc1ncccc1Cl)C(=O)O. The van der Waals surface area contributed by atoms with Gasteiger partial charge in [0.25, 0.3) is 0 Å². The zero-order valence-corrected chi connectivity index (χ0v) is 13.6. The van der Waals surface area contributed by atoms with Gasteiger partial charge in [0, 0.05) is 11.4 Å². The highest BCUT2D eigenvalue weighted by molar-refractivity contribution is 7.99. The molecule has 0 aliphatic heterocycles. The lowest BCUT2D eigenvalue weighted by Crippen LogP contribution is -2.51. The van der Waals surface area contributed by atoms with Gasteiger partial charge in [-0.25, -0.2) is 4.98 Å². The molecule has 20 heavy (non-hydrogen) atoms. The van der Waals surface area contributed by atoms with Crippen molar-refractivity contribution in [2.24, 2.45) is 0 Å². The number of carboxylic acids is 1. The van der Waals surface area contributed by atoms with Crippen LogP contribution in [0.15, 0.2) is 23.4 Å². The summed E-state index contributed by atoms with van der Waals surface area (Å²) in [4.78, 5) is 15.7. The summed E-state index contributed by atoms with van der Waals surface area (Å²) < 4.78 is 0. The highest BCUT2D eigenvalue weighted by Crippen LogP contribution is 2.31. The summed E-state index contributed by atoms with van der Waals surface area (Å²) in [5, 5.41) is 14.0. The fourth-order valence-corrected chi connectivity index (χ4v) is 3.26. The number of carbonyl (C=O) groups is 1. The van der Waals surface area contributed by atoms with E-state index in [0.717, 1.165) is 11.4 Å². The Balaban J connectivity index is 2.69. The highest BCUT2D eigenvalue weighted by atomic mass is 35.5. The molecule has 0 fully saturated rings. The van der Waals surface area contributed by atoms with Gasteiger partial charge >= 0.3 is 5.97 Å². The molecule has 4 nitrogen and oxygen atoms in total. The maximum Gasteiger partial charge on any atom is 0.323 e. The molecule has 0 aromatic carbocycles. The van der Waals surface area contributed by atoms with Crippen LogP contribution >= 0.6 is 23.4 Å². The summed E-state index contributed by atoms with van der Waals surface area (Å²) >= 11 is 7.57. The van der Waals surface area contributed by atoms with E-state index in [4.69, 9.17) is 11.6 Å². The van der Waals surface area contributed by atoms with Crippen molar-refractivity contribution in [2.45, 2.75) is 49.4 Å². The first-order chi connectivity index (χ1) is 9.39. The predicted octanol–water partition coefficient (Wildman–Crippen LogP) is 3.45. The van der Waals surface area contributed by atoms with Crippen LogP contribution in [0.5, 0.6) is 0 Å². The Morgan fingerprint density at radius 1 is 1.65 bits per heavy atom. The summed E-state index contributed by atoms with van der Waals surface area (Å²) in [6.45, 7) is 6.41. The summed E-state index contributed by atoms with van der Waals surface area (Å²) in [7, 11) is 0. The van der Waals surface area contributed by atoms with Crippen LogP contribution in [0.4, 0.5) is 0 Å². The molecule has 0 saturated carbocycles. The number of hydrogen-bond donors (Lipinski definition) is 2. The predicted molar refractivity (Wildman–Crippen MR) is 83.5 cm³/mol. The molecule has 0 bridgehead atoms. The van der Waals surface area contributed by atoms with Gasteiger partial charge in [0.15, 0.2) is 0 Å². The molecule has 0 saturated heterocycles. The molecule has 0 radical (unpaired) electrons. The average molecular weight is 317 g/mol. The number of aliphatic carboxylic acids is 1. The van der Waals surface area contributed by atoms with Crippen molar-refractivity contribution in [2.75, 3.05) is 6.54 Å². The van der Waals surface area contributed by atoms with E-state index in [-0.39, 0.29) is 5.25 Å². The molecule has 0 spiro atoms. The van der Waals surface area contributed by atoms with Gasteiger partial charge in [-0.1, -0.05) is 25.4 Å². The Bertz CT molecular complexity index is 459. The minimum atomic E-state index is -0.927. The van der Waals surface area contributed by atoms with E-state index < -0.39 is 11.5 Å². The smallest absolute Gasteiger partial charge is 0.323 e. The van der Waals surface area contributed by atoms with Crippen LogP contribution < -0.4 is 5.32 Å². The quantitative estimate of drug-likeness (QED) is 0.719. The van der Waals surface area contributed by atoms with Crippen LogP contribution in [0.25, 0.3) is 0 Å². The lowest BCUT2D eigenvalue weighted by atomic mass is 9.96. The minimum absolute atomic E-state index is 0.0906. The van der Waals surface area contributed by atoms with Crippen molar-refractivity contribution in [3.63, 3.8) is 0 Å². The van der Waals surface area contributed by atoms with E-state index in [9.17, 15) is 9.90 Å². The van der Waals surface area contributed by atoms with E-state index in [1.165, 1.54) is 11.8 Å². The fraction of sp³-hybridized carbons (Fsp3) is 0.571. The second-order valence-electron chi connectivity index (χ2n) is 4.99. The molecular formula is C14H21ClN2O2S. The van der Waals surface area contributed by atoms with Crippen molar-refractivity contribution in [3.05, 3.63) is 23.4 Å². The van der Waals surface area contributed by atoms with E-state index >= 15 is 0 Å². The zero-order chi connectivity index (χ0) is 15.2. The number of hydrogen-bond acceptors (Lipinski definition) is 4. The van der Waals surface area contributed by atoms with E-state index in [2.05, 4.69) is 10.3 Å². The monoisotopic (exact) mass is 316 g/mol. The Kier molecular flexibility index (Phi) is 6.79. The molecule has 1 aromatic rings. The standard InChI is InChI=1S/C14H21ClN2O2S/c1-4-7-17-14(3,13(18)19)9-10(2)20-12-11(15)6-5-8-16-12/h5-6,8,10,17H,4,7,9H2,1-3H3,(H,18,19). The number of rotatable bonds is 8. The summed E-state index contributed by atoms with van der Waals surface area (Å²) in [6, 6.07) is 3.57. The number of halogens is 1. The molecule has 0 aliphatic rings. The van der Waals surface area contributed by atoms with Crippen LogP contribution in [0, 0.1) is 0 Å².